The second kappa shape index (κ2) is 7.39. The van der Waals surface area contributed by atoms with Crippen molar-refractivity contribution in [2.24, 2.45) is 0 Å². The van der Waals surface area contributed by atoms with Gasteiger partial charge in [0.05, 0.1) is 29.0 Å². The van der Waals surface area contributed by atoms with Gasteiger partial charge in [0.2, 0.25) is 0 Å². The predicted molar refractivity (Wildman–Crippen MR) is 98.3 cm³/mol. The van der Waals surface area contributed by atoms with Gasteiger partial charge in [0.1, 0.15) is 5.69 Å². The lowest BCUT2D eigenvalue weighted by Gasteiger charge is -2.05. The fourth-order valence-corrected chi connectivity index (χ4v) is 2.65. The third-order valence-electron chi connectivity index (χ3n) is 3.98. The summed E-state index contributed by atoms with van der Waals surface area (Å²) in [6.07, 6.45) is 0.0777. The van der Waals surface area contributed by atoms with Gasteiger partial charge >= 0.3 is 0 Å². The zero-order valence-electron chi connectivity index (χ0n) is 14.4. The Kier molecular flexibility index (Phi) is 4.63. The van der Waals surface area contributed by atoms with Gasteiger partial charge in [-0.3, -0.25) is 9.89 Å². The average Bonchev–Trinajstić information content (AvgIpc) is 3.39. The number of para-hydroxylation sites is 1. The number of carbonyl (C=O) groups excluding carboxylic acids is 1. The third-order valence-corrected chi connectivity index (χ3v) is 3.98. The second-order valence-corrected chi connectivity index (χ2v) is 5.84. The van der Waals surface area contributed by atoms with Crippen molar-refractivity contribution in [3.63, 3.8) is 0 Å². The lowest BCUT2D eigenvalue weighted by molar-refractivity contribution is 0.102. The minimum absolute atomic E-state index is 0.0717. The van der Waals surface area contributed by atoms with E-state index in [4.69, 9.17) is 0 Å². The van der Waals surface area contributed by atoms with Crippen molar-refractivity contribution in [1.82, 2.24) is 25.0 Å². The Morgan fingerprint density at radius 1 is 1.07 bits per heavy atom. The highest BCUT2D eigenvalue weighted by atomic mass is 19.3. The Labute approximate surface area is 158 Å². The number of amides is 1. The number of aromatic amines is 1. The maximum absolute atomic E-state index is 13.4. The maximum atomic E-state index is 13.4. The van der Waals surface area contributed by atoms with Crippen LogP contribution >= 0.6 is 0 Å². The number of H-pyrrole nitrogens is 1. The molecule has 1 amide bonds. The van der Waals surface area contributed by atoms with E-state index in [0.29, 0.717) is 17.1 Å². The van der Waals surface area contributed by atoms with E-state index in [2.05, 4.69) is 25.6 Å². The summed E-state index contributed by atoms with van der Waals surface area (Å²) in [7, 11) is 0. The Morgan fingerprint density at radius 3 is 2.61 bits per heavy atom. The third kappa shape index (κ3) is 3.50. The van der Waals surface area contributed by atoms with Gasteiger partial charge in [0, 0.05) is 6.20 Å². The van der Waals surface area contributed by atoms with Gasteiger partial charge in [0.15, 0.2) is 5.69 Å². The largest absolute Gasteiger partial charge is 0.318 e. The van der Waals surface area contributed by atoms with Gasteiger partial charge in [-0.15, -0.1) is 0 Å². The number of hydrogen-bond acceptors (Lipinski definition) is 4. The van der Waals surface area contributed by atoms with E-state index in [9.17, 15) is 13.6 Å². The molecule has 7 nitrogen and oxygen atoms in total. The van der Waals surface area contributed by atoms with Crippen LogP contribution in [0.2, 0.25) is 0 Å². The van der Waals surface area contributed by atoms with E-state index in [0.717, 1.165) is 0 Å². The van der Waals surface area contributed by atoms with Crippen LogP contribution < -0.4 is 5.32 Å². The van der Waals surface area contributed by atoms with Crippen LogP contribution in [0.4, 0.5) is 14.5 Å². The molecule has 0 atom stereocenters. The van der Waals surface area contributed by atoms with E-state index in [1.165, 1.54) is 16.9 Å². The minimum atomic E-state index is -2.84. The van der Waals surface area contributed by atoms with Crippen LogP contribution in [0.25, 0.3) is 17.1 Å². The van der Waals surface area contributed by atoms with Crippen molar-refractivity contribution >= 4 is 11.6 Å². The molecule has 1 aromatic carbocycles. The van der Waals surface area contributed by atoms with E-state index in [1.807, 2.05) is 6.07 Å². The predicted octanol–water partition coefficient (Wildman–Crippen LogP) is 3.85. The summed E-state index contributed by atoms with van der Waals surface area (Å²) >= 11 is 0. The number of carbonyl (C=O) groups is 1. The molecule has 4 aromatic rings. The quantitative estimate of drug-likeness (QED) is 0.550. The standard InChI is InChI=1S/C19H14F2N6O/c20-18(21)17-16(11-27(26-17)12-5-2-1-3-6-12)24-19(28)15-8-4-7-13(23-15)14-9-10-22-25-14/h1-11,18H,(H,22,25)(H,24,28). The normalized spacial score (nSPS) is 11.0. The zero-order valence-corrected chi connectivity index (χ0v) is 14.4. The number of halogens is 2. The number of pyridine rings is 1. The van der Waals surface area contributed by atoms with Crippen LogP contribution in [-0.4, -0.2) is 30.9 Å². The molecule has 140 valence electrons. The molecule has 0 fully saturated rings. The molecule has 0 saturated carbocycles. The summed E-state index contributed by atoms with van der Waals surface area (Å²) in [4.78, 5) is 16.8. The molecule has 0 radical (unpaired) electrons. The number of nitrogens with zero attached hydrogens (tertiary/aromatic N) is 4. The fourth-order valence-electron chi connectivity index (χ4n) is 2.65. The van der Waals surface area contributed by atoms with E-state index in [-0.39, 0.29) is 11.4 Å². The van der Waals surface area contributed by atoms with Crippen LogP contribution in [0.3, 0.4) is 0 Å². The molecular formula is C19H14F2N6O. The maximum Gasteiger partial charge on any atom is 0.284 e. The number of nitrogens with one attached hydrogen (secondary N) is 2. The Bertz CT molecular complexity index is 1090. The summed E-state index contributed by atoms with van der Waals surface area (Å²) in [5.41, 5.74) is 1.25. The number of hydrogen-bond donors (Lipinski definition) is 2. The molecule has 3 aromatic heterocycles. The van der Waals surface area contributed by atoms with Crippen molar-refractivity contribution < 1.29 is 13.6 Å². The molecule has 28 heavy (non-hydrogen) atoms. The topological polar surface area (TPSA) is 88.5 Å². The van der Waals surface area contributed by atoms with Crippen LogP contribution in [0.1, 0.15) is 22.6 Å². The lowest BCUT2D eigenvalue weighted by atomic mass is 10.2. The van der Waals surface area contributed by atoms with Gasteiger partial charge < -0.3 is 5.32 Å². The smallest absolute Gasteiger partial charge is 0.284 e. The molecule has 0 saturated heterocycles. The summed E-state index contributed by atoms with van der Waals surface area (Å²) in [5.74, 6) is -0.615. The Morgan fingerprint density at radius 2 is 1.89 bits per heavy atom. The molecule has 9 heteroatoms. The molecule has 0 unspecified atom stereocenters. The highest BCUT2D eigenvalue weighted by Gasteiger charge is 2.21. The Balaban J connectivity index is 1.63. The number of anilines is 1. The van der Waals surface area contributed by atoms with Crippen molar-refractivity contribution in [2.75, 3.05) is 5.32 Å². The van der Waals surface area contributed by atoms with Crippen LogP contribution in [-0.2, 0) is 0 Å². The van der Waals surface area contributed by atoms with Gasteiger partial charge in [-0.25, -0.2) is 18.4 Å². The van der Waals surface area contributed by atoms with Gasteiger partial charge in [0.25, 0.3) is 12.3 Å². The number of benzene rings is 1. The van der Waals surface area contributed by atoms with Crippen LogP contribution in [0.15, 0.2) is 67.0 Å². The summed E-state index contributed by atoms with van der Waals surface area (Å²) in [6.45, 7) is 0. The number of aromatic nitrogens is 5. The first-order chi connectivity index (χ1) is 13.6. The van der Waals surface area contributed by atoms with Crippen molar-refractivity contribution in [3.05, 3.63) is 78.4 Å². The van der Waals surface area contributed by atoms with E-state index in [1.54, 1.807) is 48.7 Å². The van der Waals surface area contributed by atoms with Gasteiger partial charge in [-0.1, -0.05) is 24.3 Å². The molecule has 0 aliphatic rings. The first kappa shape index (κ1) is 17.5. The number of alkyl halides is 2. The van der Waals surface area contributed by atoms with Crippen molar-refractivity contribution in [3.8, 4) is 17.1 Å². The fraction of sp³-hybridized carbons (Fsp3) is 0.0526. The molecule has 0 spiro atoms. The van der Waals surface area contributed by atoms with Crippen LogP contribution in [0, 0.1) is 0 Å². The first-order valence-corrected chi connectivity index (χ1v) is 8.33. The second-order valence-electron chi connectivity index (χ2n) is 5.84. The van der Waals surface area contributed by atoms with Crippen LogP contribution in [0.5, 0.6) is 0 Å². The summed E-state index contributed by atoms with van der Waals surface area (Å²) in [5, 5.41) is 13.0. The molecule has 3 heterocycles. The highest BCUT2D eigenvalue weighted by Crippen LogP contribution is 2.27. The number of rotatable bonds is 5. The molecule has 0 bridgehead atoms. The molecular weight excluding hydrogens is 366 g/mol. The first-order valence-electron chi connectivity index (χ1n) is 8.33. The molecule has 0 aliphatic carbocycles. The SMILES string of the molecule is O=C(Nc1cn(-c2ccccc2)nc1C(F)F)c1cccc(-c2ccn[nH]2)n1. The molecule has 4 rings (SSSR count). The summed E-state index contributed by atoms with van der Waals surface area (Å²) < 4.78 is 28.1. The van der Waals surface area contributed by atoms with Gasteiger partial charge in [-0.05, 0) is 30.3 Å². The van der Waals surface area contributed by atoms with E-state index < -0.39 is 18.0 Å². The lowest BCUT2D eigenvalue weighted by Crippen LogP contribution is -2.14. The van der Waals surface area contributed by atoms with Gasteiger partial charge in [-0.2, -0.15) is 10.2 Å². The van der Waals surface area contributed by atoms with Crippen molar-refractivity contribution in [1.29, 1.82) is 0 Å². The zero-order chi connectivity index (χ0) is 19.5. The van der Waals surface area contributed by atoms with Crippen molar-refractivity contribution in [2.45, 2.75) is 6.43 Å². The molecule has 2 N–H and O–H groups in total. The minimum Gasteiger partial charge on any atom is -0.318 e. The Hall–Kier alpha value is -3.88. The van der Waals surface area contributed by atoms with E-state index >= 15 is 0 Å². The average molecular weight is 380 g/mol. The highest BCUT2D eigenvalue weighted by molar-refractivity contribution is 6.03. The summed E-state index contributed by atoms with van der Waals surface area (Å²) in [6, 6.07) is 15.4. The monoisotopic (exact) mass is 380 g/mol. The molecule has 0 aliphatic heterocycles.